The molecule has 4 aromatic rings. The van der Waals surface area contributed by atoms with Gasteiger partial charge in [0.15, 0.2) is 11.5 Å². The van der Waals surface area contributed by atoms with Gasteiger partial charge in [0.2, 0.25) is 17.7 Å². The van der Waals surface area contributed by atoms with Crippen LogP contribution >= 0.6 is 11.6 Å². The van der Waals surface area contributed by atoms with Crippen LogP contribution in [0.3, 0.4) is 0 Å². The first-order valence-corrected chi connectivity index (χ1v) is 15.5. The third kappa shape index (κ3) is 11.5. The Balaban J connectivity index is 0.000000277. The van der Waals surface area contributed by atoms with Gasteiger partial charge in [-0.15, -0.1) is 0 Å². The zero-order chi connectivity index (χ0) is 37.9. The number of anilines is 1. The zero-order valence-corrected chi connectivity index (χ0v) is 27.8. The number of halogens is 4. The van der Waals surface area contributed by atoms with Crippen molar-refractivity contribution in [3.8, 4) is 34.8 Å². The Morgan fingerprint density at radius 1 is 0.961 bits per heavy atom. The van der Waals surface area contributed by atoms with Gasteiger partial charge in [-0.25, -0.2) is 14.3 Å². The molecule has 272 valence electrons. The van der Waals surface area contributed by atoms with Gasteiger partial charge in [0, 0.05) is 12.1 Å². The molecule has 0 spiro atoms. The summed E-state index contributed by atoms with van der Waals surface area (Å²) in [6.07, 6.45) is -4.58. The fourth-order valence-electron chi connectivity index (χ4n) is 3.64. The molecule has 0 aliphatic heterocycles. The first kappa shape index (κ1) is 39.3. The van der Waals surface area contributed by atoms with E-state index in [1.807, 2.05) is 0 Å². The monoisotopic (exact) mass is 759 g/mol. The predicted octanol–water partition coefficient (Wildman–Crippen LogP) is 6.10. The Morgan fingerprint density at radius 3 is 2.12 bits per heavy atom. The normalized spacial score (nSPS) is 10.9. The number of rotatable bonds is 12. The van der Waals surface area contributed by atoms with E-state index in [0.717, 1.165) is 30.3 Å². The van der Waals surface area contributed by atoms with Crippen molar-refractivity contribution in [2.75, 3.05) is 26.1 Å². The van der Waals surface area contributed by atoms with E-state index in [2.05, 4.69) is 15.3 Å². The van der Waals surface area contributed by atoms with Gasteiger partial charge in [-0.3, -0.25) is 15.4 Å². The summed E-state index contributed by atoms with van der Waals surface area (Å²) >= 11 is 5.72. The summed E-state index contributed by atoms with van der Waals surface area (Å²) in [6, 6.07) is 11.6. The smallest absolute Gasteiger partial charge is 0.416 e. The molecule has 1 aromatic heterocycles. The molecular weight excluding hydrogens is 735 g/mol. The third-order valence-electron chi connectivity index (χ3n) is 5.77. The van der Waals surface area contributed by atoms with Gasteiger partial charge < -0.3 is 28.2 Å². The summed E-state index contributed by atoms with van der Waals surface area (Å²) in [7, 11) is -1.76. The van der Waals surface area contributed by atoms with E-state index in [4.69, 9.17) is 39.8 Å². The van der Waals surface area contributed by atoms with Crippen molar-refractivity contribution in [2.24, 2.45) is 0 Å². The molecule has 2 amide bonds. The highest BCUT2D eigenvalue weighted by Gasteiger charge is 2.31. The predicted molar refractivity (Wildman–Crippen MR) is 171 cm³/mol. The second kappa shape index (κ2) is 17.0. The maximum Gasteiger partial charge on any atom is 0.416 e. The molecule has 22 heteroatoms. The summed E-state index contributed by atoms with van der Waals surface area (Å²) in [5, 5.41) is 21.5. The van der Waals surface area contributed by atoms with Crippen LogP contribution in [0.5, 0.6) is 34.8 Å². The molecule has 0 saturated carbocycles. The van der Waals surface area contributed by atoms with Crippen LogP contribution in [0.1, 0.15) is 22.8 Å². The number of amides is 2. The fourth-order valence-corrected chi connectivity index (χ4v) is 4.55. The van der Waals surface area contributed by atoms with Crippen LogP contribution in [0.15, 0.2) is 66.7 Å². The molecule has 0 unspecified atom stereocenters. The lowest BCUT2D eigenvalue weighted by Gasteiger charge is -2.12. The Kier molecular flexibility index (Phi) is 13.1. The number of urea groups is 1. The first-order valence-electron chi connectivity index (χ1n) is 13.7. The van der Waals surface area contributed by atoms with Gasteiger partial charge >= 0.3 is 28.5 Å². The third-order valence-corrected chi connectivity index (χ3v) is 6.90. The summed E-state index contributed by atoms with van der Waals surface area (Å²) in [4.78, 5) is 40.6. The molecule has 0 bridgehead atoms. The van der Waals surface area contributed by atoms with Crippen LogP contribution in [-0.4, -0.2) is 61.2 Å². The van der Waals surface area contributed by atoms with Crippen LogP contribution < -0.4 is 33.2 Å². The molecule has 0 fully saturated rings. The van der Waals surface area contributed by atoms with Gasteiger partial charge in [0.05, 0.1) is 42.4 Å². The van der Waals surface area contributed by atoms with E-state index in [0.29, 0.717) is 12.7 Å². The van der Waals surface area contributed by atoms with Gasteiger partial charge in [-0.05, 0) is 43.3 Å². The molecule has 51 heavy (non-hydrogen) atoms. The number of nitro groups is 1. The number of carboxylic acid groups (broad SMARTS) is 1. The number of benzene rings is 3. The number of aromatic carboxylic acids is 1. The Hall–Kier alpha value is -6.09. The van der Waals surface area contributed by atoms with Crippen LogP contribution in [-0.2, 0) is 16.5 Å². The molecule has 0 saturated heterocycles. The summed E-state index contributed by atoms with van der Waals surface area (Å²) in [5.74, 6) is -1.69. The maximum absolute atomic E-state index is 12.6. The number of nitrogens with one attached hydrogen (secondary N) is 2. The standard InChI is InChI=1S/C15H18N4O7S.C14H7ClF3NO5/c1-4-25-10-7-5-6-8-11(10)26-27(21,22)19-15(20)18-14-16-12(23-2)9-13(17-14)24-3;15-10-5-7(14(16,17)18)1-4-12(10)24-8-2-3-11(19(22)23)9(6-8)13(20)21/h5-9H,4H2,1-3H3,(H2,16,17,18,19,20);1-6H,(H,20,21). The molecule has 0 aliphatic carbocycles. The fraction of sp³-hybridized carbons (Fsp3) is 0.172. The van der Waals surface area contributed by atoms with E-state index in [9.17, 15) is 41.3 Å². The number of methoxy groups -OCH3 is 2. The second-order valence-corrected chi connectivity index (χ2v) is 10.9. The highest BCUT2D eigenvalue weighted by molar-refractivity contribution is 7.85. The van der Waals surface area contributed by atoms with Crippen LogP contribution in [0.4, 0.5) is 29.6 Å². The molecule has 3 aromatic carbocycles. The molecular formula is C29H25ClF3N5O12S. The SMILES string of the molecule is CCOc1ccccc1OS(=O)(=O)NC(=O)Nc1nc(OC)cc(OC)n1.O=C(O)c1cc(Oc2ccc(C(F)(F)F)cc2Cl)ccc1[N+](=O)[O-]. The van der Waals surface area contributed by atoms with Crippen molar-refractivity contribution in [2.45, 2.75) is 13.1 Å². The lowest BCUT2D eigenvalue weighted by atomic mass is 10.1. The summed E-state index contributed by atoms with van der Waals surface area (Å²) in [5.41, 5.74) is -2.25. The number of ether oxygens (including phenoxy) is 4. The zero-order valence-electron chi connectivity index (χ0n) is 26.3. The average Bonchev–Trinajstić information content (AvgIpc) is 3.05. The van der Waals surface area contributed by atoms with Crippen molar-refractivity contribution in [3.05, 3.63) is 93.0 Å². The minimum Gasteiger partial charge on any atom is -0.490 e. The Bertz CT molecular complexity index is 2000. The molecule has 0 atom stereocenters. The number of hydrogen-bond acceptors (Lipinski definition) is 13. The second-order valence-electron chi connectivity index (χ2n) is 9.24. The minimum absolute atomic E-state index is 0.0704. The largest absolute Gasteiger partial charge is 0.490 e. The number of aromatic nitrogens is 2. The van der Waals surface area contributed by atoms with Crippen molar-refractivity contribution in [3.63, 3.8) is 0 Å². The molecule has 17 nitrogen and oxygen atoms in total. The van der Waals surface area contributed by atoms with E-state index < -0.39 is 50.2 Å². The molecule has 0 radical (unpaired) electrons. The lowest BCUT2D eigenvalue weighted by molar-refractivity contribution is -0.385. The Morgan fingerprint density at radius 2 is 1.59 bits per heavy atom. The van der Waals surface area contributed by atoms with E-state index >= 15 is 0 Å². The van der Waals surface area contributed by atoms with Crippen LogP contribution in [0, 0.1) is 10.1 Å². The summed E-state index contributed by atoms with van der Waals surface area (Å²) in [6.45, 7) is 2.04. The number of nitrogens with zero attached hydrogens (tertiary/aromatic N) is 3. The number of carboxylic acids is 1. The minimum atomic E-state index is -4.58. The Labute approximate surface area is 291 Å². The number of carbonyl (C=O) groups excluding carboxylic acids is 1. The van der Waals surface area contributed by atoms with Crippen molar-refractivity contribution < 1.29 is 64.3 Å². The molecule has 3 N–H and O–H groups in total. The van der Waals surface area contributed by atoms with Gasteiger partial charge in [0.25, 0.3) is 5.69 Å². The first-order chi connectivity index (χ1) is 24.0. The quantitative estimate of drug-likeness (QED) is 0.110. The molecule has 0 aliphatic rings. The topological polar surface area (TPSA) is 228 Å². The number of nitro benzene ring substituents is 1. The van der Waals surface area contributed by atoms with Crippen LogP contribution in [0.25, 0.3) is 0 Å². The lowest BCUT2D eigenvalue weighted by Crippen LogP contribution is -2.37. The number of para-hydroxylation sites is 2. The van der Waals surface area contributed by atoms with Crippen molar-refractivity contribution in [1.82, 2.24) is 14.7 Å². The number of carbonyl (C=O) groups is 2. The number of hydrogen-bond donors (Lipinski definition) is 3. The van der Waals surface area contributed by atoms with E-state index in [1.165, 1.54) is 32.4 Å². The molecule has 4 rings (SSSR count). The molecule has 1 heterocycles. The average molecular weight is 760 g/mol. The number of alkyl halides is 3. The van der Waals surface area contributed by atoms with Gasteiger partial charge in [0.1, 0.15) is 17.1 Å². The van der Waals surface area contributed by atoms with Gasteiger partial charge in [-0.1, -0.05) is 23.7 Å². The van der Waals surface area contributed by atoms with Gasteiger partial charge in [-0.2, -0.15) is 31.6 Å². The maximum atomic E-state index is 12.6. The van der Waals surface area contributed by atoms with E-state index in [1.54, 1.807) is 23.8 Å². The van der Waals surface area contributed by atoms with Crippen molar-refractivity contribution >= 4 is 45.5 Å². The highest BCUT2D eigenvalue weighted by atomic mass is 35.5. The van der Waals surface area contributed by atoms with Crippen molar-refractivity contribution in [1.29, 1.82) is 0 Å². The van der Waals surface area contributed by atoms with E-state index in [-0.39, 0.29) is 45.7 Å². The highest BCUT2D eigenvalue weighted by Crippen LogP contribution is 2.37. The van der Waals surface area contributed by atoms with Crippen LogP contribution in [0.2, 0.25) is 5.02 Å². The summed E-state index contributed by atoms with van der Waals surface area (Å²) < 4.78 is 88.7.